The van der Waals surface area contributed by atoms with Gasteiger partial charge in [0, 0.05) is 28.3 Å². The molecule has 0 saturated heterocycles. The van der Waals surface area contributed by atoms with Crippen molar-refractivity contribution in [3.8, 4) is 6.07 Å². The van der Waals surface area contributed by atoms with Crippen LogP contribution in [0.25, 0.3) is 0 Å². The monoisotopic (exact) mass is 257 g/mol. The van der Waals surface area contributed by atoms with E-state index in [2.05, 4.69) is 4.98 Å². The molecule has 1 heterocycles. The molecule has 5 nitrogen and oxygen atoms in total. The Morgan fingerprint density at radius 3 is 2.56 bits per heavy atom. The normalized spacial score (nSPS) is 9.72. The molecule has 0 bridgehead atoms. The molecule has 0 spiro atoms. The molecule has 0 radical (unpaired) electrons. The first-order valence-electron chi connectivity index (χ1n) is 4.97. The van der Waals surface area contributed by atoms with Gasteiger partial charge in [0.25, 0.3) is 5.69 Å². The molecule has 2 rings (SSSR count). The van der Waals surface area contributed by atoms with Crippen LogP contribution in [0.2, 0.25) is 0 Å². The Morgan fingerprint density at radius 2 is 1.94 bits per heavy atom. The zero-order valence-corrected chi connectivity index (χ0v) is 9.92. The van der Waals surface area contributed by atoms with Gasteiger partial charge < -0.3 is 0 Å². The summed E-state index contributed by atoms with van der Waals surface area (Å²) in [5.74, 6) is 0. The van der Waals surface area contributed by atoms with Gasteiger partial charge in [0.05, 0.1) is 4.92 Å². The number of rotatable bonds is 3. The lowest BCUT2D eigenvalue weighted by molar-refractivity contribution is -0.385. The summed E-state index contributed by atoms with van der Waals surface area (Å²) in [5.41, 5.74) is -0.101. The van der Waals surface area contributed by atoms with Crippen LogP contribution in [-0.2, 0) is 0 Å². The highest BCUT2D eigenvalue weighted by atomic mass is 32.2. The number of nitro benzene ring substituents is 1. The smallest absolute Gasteiger partial charge is 0.265 e. The minimum absolute atomic E-state index is 0.0686. The van der Waals surface area contributed by atoms with Gasteiger partial charge in [-0.05, 0) is 24.3 Å². The van der Waals surface area contributed by atoms with Crippen LogP contribution in [-0.4, -0.2) is 9.91 Å². The second kappa shape index (κ2) is 5.29. The molecule has 1 aromatic carbocycles. The van der Waals surface area contributed by atoms with Crippen molar-refractivity contribution in [2.24, 2.45) is 0 Å². The maximum absolute atomic E-state index is 10.7. The van der Waals surface area contributed by atoms with E-state index >= 15 is 0 Å². The van der Waals surface area contributed by atoms with Crippen LogP contribution in [0.1, 0.15) is 5.56 Å². The summed E-state index contributed by atoms with van der Waals surface area (Å²) in [6.45, 7) is 0. The van der Waals surface area contributed by atoms with E-state index in [1.54, 1.807) is 18.5 Å². The van der Waals surface area contributed by atoms with Crippen LogP contribution in [0.4, 0.5) is 5.69 Å². The van der Waals surface area contributed by atoms with Crippen LogP contribution in [0.5, 0.6) is 0 Å². The third-order valence-electron chi connectivity index (χ3n) is 2.17. The molecule has 0 unspecified atom stereocenters. The molecule has 1 aromatic heterocycles. The predicted molar refractivity (Wildman–Crippen MR) is 66.2 cm³/mol. The number of nitro groups is 1. The van der Waals surface area contributed by atoms with Crippen molar-refractivity contribution in [3.63, 3.8) is 0 Å². The number of pyridine rings is 1. The van der Waals surface area contributed by atoms with Gasteiger partial charge in [0.1, 0.15) is 11.6 Å². The number of benzene rings is 1. The van der Waals surface area contributed by atoms with Crippen molar-refractivity contribution < 1.29 is 4.92 Å². The molecule has 0 atom stereocenters. The van der Waals surface area contributed by atoms with E-state index < -0.39 is 4.92 Å². The zero-order chi connectivity index (χ0) is 13.0. The molecule has 0 fully saturated rings. The van der Waals surface area contributed by atoms with Crippen molar-refractivity contribution >= 4 is 17.4 Å². The Hall–Kier alpha value is -2.39. The molecule has 88 valence electrons. The second-order valence-electron chi connectivity index (χ2n) is 3.33. The molecule has 0 aliphatic rings. The summed E-state index contributed by atoms with van der Waals surface area (Å²) in [7, 11) is 0. The lowest BCUT2D eigenvalue weighted by Crippen LogP contribution is -1.92. The van der Waals surface area contributed by atoms with Crippen molar-refractivity contribution in [2.75, 3.05) is 0 Å². The fraction of sp³-hybridized carbons (Fsp3) is 0. The van der Waals surface area contributed by atoms with Gasteiger partial charge in [0.2, 0.25) is 0 Å². The Labute approximate surface area is 107 Å². The van der Waals surface area contributed by atoms with E-state index in [0.717, 1.165) is 9.79 Å². The predicted octanol–water partition coefficient (Wildman–Crippen LogP) is 3.01. The molecule has 2 aromatic rings. The average Bonchev–Trinajstić information content (AvgIpc) is 2.39. The summed E-state index contributed by atoms with van der Waals surface area (Å²) in [6, 6.07) is 9.99. The molecule has 0 aliphatic heterocycles. The number of nitriles is 1. The minimum atomic E-state index is -0.556. The van der Waals surface area contributed by atoms with Gasteiger partial charge in [-0.2, -0.15) is 5.26 Å². The Morgan fingerprint density at radius 1 is 1.22 bits per heavy atom. The largest absolute Gasteiger partial charge is 0.287 e. The van der Waals surface area contributed by atoms with E-state index in [4.69, 9.17) is 5.26 Å². The first-order valence-corrected chi connectivity index (χ1v) is 5.79. The Bertz CT molecular complexity index is 623. The van der Waals surface area contributed by atoms with Gasteiger partial charge in [0.15, 0.2) is 0 Å². The number of hydrogen-bond acceptors (Lipinski definition) is 5. The molecule has 0 N–H and O–H groups in total. The lowest BCUT2D eigenvalue weighted by Gasteiger charge is -2.01. The van der Waals surface area contributed by atoms with Gasteiger partial charge in [-0.15, -0.1) is 0 Å². The molecule has 0 aliphatic carbocycles. The van der Waals surface area contributed by atoms with Crippen molar-refractivity contribution in [3.05, 3.63) is 58.4 Å². The molecule has 6 heteroatoms. The first-order chi connectivity index (χ1) is 8.70. The molecule has 0 saturated carbocycles. The van der Waals surface area contributed by atoms with Gasteiger partial charge >= 0.3 is 0 Å². The van der Waals surface area contributed by atoms with Gasteiger partial charge in [-0.3, -0.25) is 15.1 Å². The van der Waals surface area contributed by atoms with Crippen LogP contribution in [0.3, 0.4) is 0 Å². The molecular weight excluding hydrogens is 250 g/mol. The quantitative estimate of drug-likeness (QED) is 0.623. The maximum atomic E-state index is 10.7. The summed E-state index contributed by atoms with van der Waals surface area (Å²) in [6.07, 6.45) is 3.33. The zero-order valence-electron chi connectivity index (χ0n) is 9.11. The van der Waals surface area contributed by atoms with E-state index in [1.807, 2.05) is 18.2 Å². The third kappa shape index (κ3) is 2.64. The SMILES string of the molecule is N#Cc1cc(Sc2ccncc2)ccc1[N+](=O)[O-]. The number of hydrogen-bond donors (Lipinski definition) is 0. The van der Waals surface area contributed by atoms with Crippen LogP contribution < -0.4 is 0 Å². The van der Waals surface area contributed by atoms with Crippen LogP contribution >= 0.6 is 11.8 Å². The summed E-state index contributed by atoms with van der Waals surface area (Å²) in [4.78, 5) is 15.8. The Balaban J connectivity index is 2.32. The second-order valence-corrected chi connectivity index (χ2v) is 4.48. The highest BCUT2D eigenvalue weighted by Gasteiger charge is 2.13. The van der Waals surface area contributed by atoms with E-state index in [0.29, 0.717) is 0 Å². The number of nitrogens with zero attached hydrogens (tertiary/aromatic N) is 3. The van der Waals surface area contributed by atoms with E-state index in [-0.39, 0.29) is 11.3 Å². The Kier molecular flexibility index (Phi) is 3.55. The molecule has 18 heavy (non-hydrogen) atoms. The highest BCUT2D eigenvalue weighted by molar-refractivity contribution is 7.99. The molecule has 0 amide bonds. The van der Waals surface area contributed by atoms with Gasteiger partial charge in [-0.25, -0.2) is 0 Å². The van der Waals surface area contributed by atoms with Crippen LogP contribution in [0.15, 0.2) is 52.5 Å². The number of aromatic nitrogens is 1. The minimum Gasteiger partial charge on any atom is -0.265 e. The summed E-state index contributed by atoms with van der Waals surface area (Å²) < 4.78 is 0. The summed E-state index contributed by atoms with van der Waals surface area (Å²) in [5, 5.41) is 19.6. The fourth-order valence-corrected chi connectivity index (χ4v) is 2.21. The fourth-order valence-electron chi connectivity index (χ4n) is 1.37. The van der Waals surface area contributed by atoms with Gasteiger partial charge in [-0.1, -0.05) is 11.8 Å². The first kappa shape index (κ1) is 12.1. The average molecular weight is 257 g/mol. The van der Waals surface area contributed by atoms with Crippen LogP contribution in [0, 0.1) is 21.4 Å². The highest BCUT2D eigenvalue weighted by Crippen LogP contribution is 2.30. The van der Waals surface area contributed by atoms with Crippen molar-refractivity contribution in [2.45, 2.75) is 9.79 Å². The van der Waals surface area contributed by atoms with E-state index in [1.165, 1.54) is 23.9 Å². The van der Waals surface area contributed by atoms with Crippen molar-refractivity contribution in [1.29, 1.82) is 5.26 Å². The maximum Gasteiger partial charge on any atom is 0.287 e. The third-order valence-corrected chi connectivity index (χ3v) is 3.17. The lowest BCUT2D eigenvalue weighted by atomic mass is 10.2. The van der Waals surface area contributed by atoms with Crippen molar-refractivity contribution in [1.82, 2.24) is 4.98 Å². The topological polar surface area (TPSA) is 79.8 Å². The van der Waals surface area contributed by atoms with E-state index in [9.17, 15) is 10.1 Å². The standard InChI is InChI=1S/C12H7N3O2S/c13-8-9-7-11(1-2-12(9)15(16)17)18-10-3-5-14-6-4-10/h1-7H. The summed E-state index contributed by atoms with van der Waals surface area (Å²) >= 11 is 1.42. The molecular formula is C12H7N3O2S.